The van der Waals surface area contributed by atoms with E-state index in [1.165, 1.54) is 42.6 Å². The van der Waals surface area contributed by atoms with Gasteiger partial charge in [-0.15, -0.1) is 0 Å². The van der Waals surface area contributed by atoms with Crippen molar-refractivity contribution in [2.45, 2.75) is 49.8 Å². The Morgan fingerprint density at radius 2 is 1.89 bits per heavy atom. The van der Waals surface area contributed by atoms with Crippen LogP contribution in [0, 0.1) is 5.92 Å². The molecule has 1 aliphatic heterocycles. The lowest BCUT2D eigenvalue weighted by Gasteiger charge is -2.34. The van der Waals surface area contributed by atoms with Crippen LogP contribution < -0.4 is 0 Å². The minimum Gasteiger partial charge on any atom is -0.345 e. The Bertz CT molecular complexity index is 926. The van der Waals surface area contributed by atoms with Crippen LogP contribution in [0.3, 0.4) is 0 Å². The van der Waals surface area contributed by atoms with E-state index in [0.717, 1.165) is 6.42 Å². The molecule has 0 bridgehead atoms. The lowest BCUT2D eigenvalue weighted by molar-refractivity contribution is -0.132. The van der Waals surface area contributed by atoms with Gasteiger partial charge in [-0.25, -0.2) is 13.4 Å². The second-order valence-corrected chi connectivity index (χ2v) is 9.79. The number of sulfonamides is 1. The summed E-state index contributed by atoms with van der Waals surface area (Å²) in [6.45, 7) is 1.60. The van der Waals surface area contributed by atoms with Crippen LogP contribution in [-0.4, -0.2) is 59.7 Å². The maximum atomic E-state index is 13.0. The Kier molecular flexibility index (Phi) is 5.68. The van der Waals surface area contributed by atoms with Crippen molar-refractivity contribution >= 4 is 27.0 Å². The first-order chi connectivity index (χ1) is 13.6. The SMILES string of the molecule is O=C(CCC1CCCCC1)N1CCN(S(=O)(=O)c2c[nH]c3ncccc23)CC1. The summed E-state index contributed by atoms with van der Waals surface area (Å²) in [4.78, 5) is 21.7. The second-order valence-electron chi connectivity index (χ2n) is 7.88. The average molecular weight is 405 g/mol. The predicted molar refractivity (Wildman–Crippen MR) is 107 cm³/mol. The van der Waals surface area contributed by atoms with Crippen LogP contribution in [0.2, 0.25) is 0 Å². The van der Waals surface area contributed by atoms with Gasteiger partial charge in [-0.2, -0.15) is 4.31 Å². The van der Waals surface area contributed by atoms with Crippen LogP contribution >= 0.6 is 0 Å². The molecule has 2 aliphatic rings. The highest BCUT2D eigenvalue weighted by Crippen LogP contribution is 2.28. The zero-order valence-electron chi connectivity index (χ0n) is 16.1. The number of rotatable bonds is 5. The fourth-order valence-electron chi connectivity index (χ4n) is 4.42. The lowest BCUT2D eigenvalue weighted by atomic mass is 9.86. The first-order valence-electron chi connectivity index (χ1n) is 10.3. The van der Waals surface area contributed by atoms with Gasteiger partial charge in [0, 0.05) is 50.4 Å². The Hall–Kier alpha value is -1.93. The standard InChI is InChI=1S/C20H28N4O3S/c25-19(9-8-16-5-2-1-3-6-16)23-11-13-24(14-12-23)28(26,27)18-15-22-20-17(18)7-4-10-21-20/h4,7,10,15-16H,1-3,5-6,8-9,11-14H2,(H,21,22). The van der Waals surface area contributed by atoms with E-state index in [1.54, 1.807) is 18.3 Å². The number of pyridine rings is 1. The Morgan fingerprint density at radius 1 is 1.14 bits per heavy atom. The number of carbonyl (C=O) groups excluding carboxylic acids is 1. The summed E-state index contributed by atoms with van der Waals surface area (Å²) in [7, 11) is -3.60. The molecule has 1 saturated carbocycles. The predicted octanol–water partition coefficient (Wildman–Crippen LogP) is 2.76. The zero-order valence-corrected chi connectivity index (χ0v) is 17.0. The third-order valence-corrected chi connectivity index (χ3v) is 8.05. The van der Waals surface area contributed by atoms with Crippen molar-refractivity contribution in [2.24, 2.45) is 5.92 Å². The fraction of sp³-hybridized carbons (Fsp3) is 0.600. The summed E-state index contributed by atoms with van der Waals surface area (Å²) in [5, 5.41) is 0.605. The molecule has 0 aromatic carbocycles. The number of amides is 1. The van der Waals surface area contributed by atoms with E-state index in [4.69, 9.17) is 0 Å². The Labute approximate surface area is 166 Å². The Morgan fingerprint density at radius 3 is 2.64 bits per heavy atom. The molecular formula is C20H28N4O3S. The van der Waals surface area contributed by atoms with Gasteiger partial charge in [-0.3, -0.25) is 4.79 Å². The average Bonchev–Trinajstić information content (AvgIpc) is 3.18. The molecule has 152 valence electrons. The highest BCUT2D eigenvalue weighted by molar-refractivity contribution is 7.89. The van der Waals surface area contributed by atoms with Gasteiger partial charge in [0.1, 0.15) is 10.5 Å². The monoisotopic (exact) mass is 404 g/mol. The highest BCUT2D eigenvalue weighted by Gasteiger charge is 2.32. The van der Waals surface area contributed by atoms with E-state index in [9.17, 15) is 13.2 Å². The van der Waals surface area contributed by atoms with Crippen molar-refractivity contribution in [3.63, 3.8) is 0 Å². The summed E-state index contributed by atoms with van der Waals surface area (Å²) in [6.07, 6.45) is 11.1. The molecule has 1 saturated heterocycles. The molecule has 0 atom stereocenters. The molecule has 2 fully saturated rings. The van der Waals surface area contributed by atoms with Crippen LogP contribution in [-0.2, 0) is 14.8 Å². The van der Waals surface area contributed by atoms with Crippen molar-refractivity contribution in [1.82, 2.24) is 19.2 Å². The molecule has 1 amide bonds. The molecule has 2 aromatic rings. The maximum Gasteiger partial charge on any atom is 0.245 e. The number of aromatic amines is 1. The van der Waals surface area contributed by atoms with Crippen LogP contribution in [0.15, 0.2) is 29.4 Å². The molecular weight excluding hydrogens is 376 g/mol. The number of hydrogen-bond donors (Lipinski definition) is 1. The van der Waals surface area contributed by atoms with Gasteiger partial charge in [-0.05, 0) is 24.5 Å². The third-order valence-electron chi connectivity index (χ3n) is 6.11. The molecule has 0 radical (unpaired) electrons. The van der Waals surface area contributed by atoms with E-state index >= 15 is 0 Å². The number of nitrogens with zero attached hydrogens (tertiary/aromatic N) is 3. The number of piperazine rings is 1. The van der Waals surface area contributed by atoms with Gasteiger partial charge in [0.25, 0.3) is 0 Å². The van der Waals surface area contributed by atoms with Gasteiger partial charge in [0.15, 0.2) is 0 Å². The number of carbonyl (C=O) groups is 1. The number of H-pyrrole nitrogens is 1. The van der Waals surface area contributed by atoms with Crippen LogP contribution in [0.4, 0.5) is 0 Å². The van der Waals surface area contributed by atoms with Crippen molar-refractivity contribution in [1.29, 1.82) is 0 Å². The van der Waals surface area contributed by atoms with Crippen LogP contribution in [0.5, 0.6) is 0 Å². The van der Waals surface area contributed by atoms with Gasteiger partial charge < -0.3 is 9.88 Å². The smallest absolute Gasteiger partial charge is 0.245 e. The fourth-order valence-corrected chi connectivity index (χ4v) is 6.00. The van der Waals surface area contributed by atoms with Crippen molar-refractivity contribution in [3.05, 3.63) is 24.5 Å². The minimum absolute atomic E-state index is 0.166. The summed E-state index contributed by atoms with van der Waals surface area (Å²) in [5.74, 6) is 0.855. The van der Waals surface area contributed by atoms with Crippen LogP contribution in [0.1, 0.15) is 44.9 Å². The molecule has 7 nitrogen and oxygen atoms in total. The molecule has 28 heavy (non-hydrogen) atoms. The normalized spacial score (nSPS) is 19.9. The Balaban J connectivity index is 1.35. The van der Waals surface area contributed by atoms with Crippen molar-refractivity contribution in [2.75, 3.05) is 26.2 Å². The summed E-state index contributed by atoms with van der Waals surface area (Å²) in [6, 6.07) is 3.49. The van der Waals surface area contributed by atoms with E-state index in [2.05, 4.69) is 9.97 Å². The van der Waals surface area contributed by atoms with Crippen LogP contribution in [0.25, 0.3) is 11.0 Å². The van der Waals surface area contributed by atoms with Gasteiger partial charge in [0.05, 0.1) is 0 Å². The number of aromatic nitrogens is 2. The molecule has 0 spiro atoms. The molecule has 0 unspecified atom stereocenters. The summed E-state index contributed by atoms with van der Waals surface area (Å²) >= 11 is 0. The number of nitrogens with one attached hydrogen (secondary N) is 1. The molecule has 2 aromatic heterocycles. The van der Waals surface area contributed by atoms with E-state index in [0.29, 0.717) is 49.6 Å². The zero-order chi connectivity index (χ0) is 19.6. The second kappa shape index (κ2) is 8.21. The molecule has 8 heteroatoms. The van der Waals surface area contributed by atoms with Gasteiger partial charge >= 0.3 is 0 Å². The van der Waals surface area contributed by atoms with Crippen molar-refractivity contribution in [3.8, 4) is 0 Å². The maximum absolute atomic E-state index is 13.0. The lowest BCUT2D eigenvalue weighted by Crippen LogP contribution is -2.50. The van der Waals surface area contributed by atoms with E-state index in [1.807, 2.05) is 4.90 Å². The number of hydrogen-bond acceptors (Lipinski definition) is 4. The first kappa shape index (κ1) is 19.4. The van der Waals surface area contributed by atoms with E-state index < -0.39 is 10.0 Å². The third kappa shape index (κ3) is 3.93. The molecule has 4 rings (SSSR count). The minimum atomic E-state index is -3.60. The first-order valence-corrected chi connectivity index (χ1v) is 11.7. The molecule has 3 heterocycles. The summed E-state index contributed by atoms with van der Waals surface area (Å²) < 4.78 is 27.6. The molecule has 1 aliphatic carbocycles. The largest absolute Gasteiger partial charge is 0.345 e. The summed E-state index contributed by atoms with van der Waals surface area (Å²) in [5.41, 5.74) is 0.567. The number of fused-ring (bicyclic) bond motifs is 1. The van der Waals surface area contributed by atoms with Gasteiger partial charge in [0.2, 0.25) is 15.9 Å². The van der Waals surface area contributed by atoms with Crippen molar-refractivity contribution < 1.29 is 13.2 Å². The van der Waals surface area contributed by atoms with Gasteiger partial charge in [-0.1, -0.05) is 32.1 Å². The quantitative estimate of drug-likeness (QED) is 0.830. The molecule has 1 N–H and O–H groups in total. The highest BCUT2D eigenvalue weighted by atomic mass is 32.2. The van der Waals surface area contributed by atoms with E-state index in [-0.39, 0.29) is 10.8 Å². The topological polar surface area (TPSA) is 86.4 Å².